The number of benzene rings is 9. The molecule has 75 heavy (non-hydrogen) atoms. The van der Waals surface area contributed by atoms with E-state index in [0.717, 1.165) is 77.5 Å². The van der Waals surface area contributed by atoms with E-state index in [1.165, 1.54) is 9.13 Å². The number of ether oxygens (including phenoxy) is 1. The summed E-state index contributed by atoms with van der Waals surface area (Å²) in [5, 5.41) is 4.92. The molecule has 4 aromatic heterocycles. The van der Waals surface area contributed by atoms with Crippen molar-refractivity contribution in [3.8, 4) is 39.6 Å². The van der Waals surface area contributed by atoms with E-state index in [1.54, 1.807) is 0 Å². The fourth-order valence-electron chi connectivity index (χ4n) is 11.3. The minimum Gasteiger partial charge on any atom is -0.509 e. The smallest absolute Gasteiger partial charge is 0.135 e. The first kappa shape index (κ1) is 40.1. The van der Waals surface area contributed by atoms with Gasteiger partial charge in [0.2, 0.25) is 0 Å². The predicted molar refractivity (Wildman–Crippen MR) is 307 cm³/mol. The molecule has 9 aromatic carbocycles. The fraction of sp³-hybridized carbons (Fsp3) is 0.104. The van der Waals surface area contributed by atoms with Crippen LogP contribution in [0.1, 0.15) is 40.1 Å². The van der Waals surface area contributed by atoms with Crippen molar-refractivity contribution < 1.29 is 34.0 Å². The van der Waals surface area contributed by atoms with Gasteiger partial charge in [0, 0.05) is 122 Å². The van der Waals surface area contributed by atoms with Crippen LogP contribution in [0.5, 0.6) is 11.5 Å². The molecule has 0 saturated heterocycles. The van der Waals surface area contributed by atoms with Crippen molar-refractivity contribution in [3.63, 3.8) is 0 Å². The van der Waals surface area contributed by atoms with Gasteiger partial charge in [-0.2, -0.15) is 6.07 Å². The standard InChI is InChI=1S/C67H51N6O.Pt/c1-42-35-60(68-40-53(42)43-21-9-7-10-22-43)73-56-30-18-13-25-49(56)50-34-33-47(39-59(50)73)74-48-37-45(67(2,3)4)36-46(38-48)71-41-72(58-32-20-19-31-57(58)71)66-64-62(51-26-14-16-28-54(51)69(64)5)61(44-23-11-8-12-24-44)63-52-27-15-17-29-55(52)70(6)65(63)66;/h7-37,40-41H,1-6H3;/q-3;/i5D3,6D3;. The third-order valence-electron chi connectivity index (χ3n) is 14.8. The number of rotatable bonds is 7. The van der Waals surface area contributed by atoms with Gasteiger partial charge in [0.15, 0.2) is 0 Å². The van der Waals surface area contributed by atoms with Gasteiger partial charge < -0.3 is 28.2 Å². The van der Waals surface area contributed by atoms with Crippen LogP contribution in [0.15, 0.2) is 194 Å². The first-order valence-corrected chi connectivity index (χ1v) is 24.9. The molecule has 5 heterocycles. The molecule has 0 bridgehead atoms. The number of anilines is 4. The van der Waals surface area contributed by atoms with Gasteiger partial charge in [-0.25, -0.2) is 4.98 Å². The molecule has 0 N–H and O–H groups in total. The van der Waals surface area contributed by atoms with E-state index >= 15 is 0 Å². The molecule has 13 aromatic rings. The molecule has 0 saturated carbocycles. The zero-order valence-electron chi connectivity index (χ0n) is 47.5. The third kappa shape index (κ3) is 7.23. The Kier molecular flexibility index (Phi) is 9.42. The van der Waals surface area contributed by atoms with Crippen molar-refractivity contribution in [2.24, 2.45) is 14.0 Å². The van der Waals surface area contributed by atoms with Gasteiger partial charge in [-0.15, -0.1) is 53.6 Å². The Balaban J connectivity index is 0.00000618. The average molecular weight is 1160 g/mol. The first-order chi connectivity index (χ1) is 38.5. The largest absolute Gasteiger partial charge is 0.509 e. The van der Waals surface area contributed by atoms with Crippen LogP contribution >= 0.6 is 0 Å². The summed E-state index contributed by atoms with van der Waals surface area (Å²) >= 11 is 0. The molecule has 0 aliphatic carbocycles. The number of aryl methyl sites for hydroxylation is 3. The number of hydrogen-bond acceptors (Lipinski definition) is 4. The normalized spacial score (nSPS) is 14.2. The number of aromatic nitrogens is 4. The van der Waals surface area contributed by atoms with E-state index in [-0.39, 0.29) is 26.5 Å². The summed E-state index contributed by atoms with van der Waals surface area (Å²) in [6, 6.07) is 69.0. The van der Waals surface area contributed by atoms with Gasteiger partial charge in [-0.05, 0) is 70.8 Å². The number of fused-ring (bicyclic) bond motifs is 10. The number of nitrogens with zero attached hydrogens (tertiary/aromatic N) is 6. The van der Waals surface area contributed by atoms with E-state index in [2.05, 4.69) is 86.9 Å². The first-order valence-electron chi connectivity index (χ1n) is 27.9. The molecule has 1 aliphatic heterocycles. The van der Waals surface area contributed by atoms with E-state index in [1.807, 2.05) is 168 Å². The van der Waals surface area contributed by atoms with Crippen molar-refractivity contribution in [1.29, 1.82) is 0 Å². The summed E-state index contributed by atoms with van der Waals surface area (Å²) in [6.07, 6.45) is 1.94. The second-order valence-electron chi connectivity index (χ2n) is 20.2. The number of para-hydroxylation sites is 5. The Labute approximate surface area is 459 Å². The van der Waals surface area contributed by atoms with E-state index in [0.29, 0.717) is 61.4 Å². The molecule has 0 spiro atoms. The average Bonchev–Trinajstić information content (AvgIpc) is 4.40. The molecule has 0 atom stereocenters. The minimum atomic E-state index is -2.70. The Morgan fingerprint density at radius 1 is 0.560 bits per heavy atom. The number of hydrogen-bond donors (Lipinski definition) is 0. The SMILES string of the molecule is [2H]C([2H])([2H])n1c2ccccc2c2c(-c3ccccc3)c3c4ccccc4n(C([2H])([2H])[2H])c3c(N3[CH-]N(c4[c-]c(Oc5[c-]c6c(cc5)c5ccccc5n6-c5cc(C)c(-c6ccccc6)cn5)cc(C(C)(C)C)c4)c4ccccc43)c21.[Pt]. The molecule has 7 nitrogen and oxygen atoms in total. The van der Waals surface area contributed by atoms with Gasteiger partial charge >= 0.3 is 0 Å². The van der Waals surface area contributed by atoms with Gasteiger partial charge in [0.1, 0.15) is 5.82 Å². The van der Waals surface area contributed by atoms with Crippen molar-refractivity contribution in [2.45, 2.75) is 33.1 Å². The molecular formula is C67H51N6OPt-3. The maximum absolute atomic E-state index is 9.29. The third-order valence-corrected chi connectivity index (χ3v) is 14.8. The monoisotopic (exact) mass is 1160 g/mol. The van der Waals surface area contributed by atoms with Crippen molar-refractivity contribution in [1.82, 2.24) is 18.7 Å². The quantitative estimate of drug-likeness (QED) is 0.149. The fourth-order valence-corrected chi connectivity index (χ4v) is 11.3. The number of pyridine rings is 1. The van der Waals surface area contributed by atoms with Crippen LogP contribution in [0.4, 0.5) is 22.7 Å². The summed E-state index contributed by atoms with van der Waals surface area (Å²) < 4.78 is 67.7. The van der Waals surface area contributed by atoms with Gasteiger partial charge in [0.05, 0.1) is 16.7 Å². The summed E-state index contributed by atoms with van der Waals surface area (Å²) in [7, 11) is 0. The van der Waals surface area contributed by atoms with Gasteiger partial charge in [0.25, 0.3) is 0 Å². The predicted octanol–water partition coefficient (Wildman–Crippen LogP) is 17.2. The summed E-state index contributed by atoms with van der Waals surface area (Å²) in [5.41, 5.74) is 11.5. The van der Waals surface area contributed by atoms with Crippen LogP contribution in [0.25, 0.3) is 93.5 Å². The van der Waals surface area contributed by atoms with Crippen molar-refractivity contribution in [2.75, 3.05) is 9.80 Å². The molecule has 8 heteroatoms. The van der Waals surface area contributed by atoms with Crippen LogP contribution in [0.3, 0.4) is 0 Å². The summed E-state index contributed by atoms with van der Waals surface area (Å²) in [4.78, 5) is 9.05. The summed E-state index contributed by atoms with van der Waals surface area (Å²) in [6.45, 7) is 5.10. The maximum Gasteiger partial charge on any atom is 0.135 e. The van der Waals surface area contributed by atoms with Crippen LogP contribution in [0.2, 0.25) is 0 Å². The molecule has 1 aliphatic rings. The topological polar surface area (TPSA) is 43.4 Å². The molecule has 368 valence electrons. The maximum atomic E-state index is 9.29. The summed E-state index contributed by atoms with van der Waals surface area (Å²) in [5.74, 6) is 1.71. The zero-order valence-corrected chi connectivity index (χ0v) is 43.7. The van der Waals surface area contributed by atoms with Gasteiger partial charge in [-0.3, -0.25) is 0 Å². The molecule has 0 unspecified atom stereocenters. The minimum absolute atomic E-state index is 0. The van der Waals surface area contributed by atoms with Crippen molar-refractivity contribution in [3.05, 3.63) is 224 Å². The van der Waals surface area contributed by atoms with Crippen LogP contribution < -0.4 is 14.5 Å². The second-order valence-corrected chi connectivity index (χ2v) is 20.2. The molecule has 0 radical (unpaired) electrons. The Morgan fingerprint density at radius 3 is 1.76 bits per heavy atom. The Hall–Kier alpha value is -8.38. The van der Waals surface area contributed by atoms with Crippen molar-refractivity contribution >= 4 is 88.2 Å². The van der Waals surface area contributed by atoms with Gasteiger partial charge in [-0.1, -0.05) is 154 Å². The Bertz CT molecular complexity index is 4540. The molecule has 14 rings (SSSR count). The van der Waals surface area contributed by atoms with E-state index in [9.17, 15) is 8.22 Å². The molecule has 0 fully saturated rings. The Morgan fingerprint density at radius 2 is 1.13 bits per heavy atom. The molecular weight excluding hydrogens is 1100 g/mol. The van der Waals surface area contributed by atoms with E-state index in [4.69, 9.17) is 9.72 Å². The van der Waals surface area contributed by atoms with Crippen LogP contribution in [0, 0.1) is 25.7 Å². The second kappa shape index (κ2) is 17.6. The van der Waals surface area contributed by atoms with Crippen LogP contribution in [-0.4, -0.2) is 18.7 Å². The molecule has 0 amide bonds. The van der Waals surface area contributed by atoms with Crippen LogP contribution in [-0.2, 0) is 40.4 Å². The zero-order chi connectivity index (χ0) is 55.0. The van der Waals surface area contributed by atoms with E-state index < -0.39 is 14.0 Å².